The number of phenols is 1. The van der Waals surface area contributed by atoms with Gasteiger partial charge in [-0.2, -0.15) is 0 Å². The lowest BCUT2D eigenvalue weighted by atomic mass is 10.1. The molecule has 0 fully saturated rings. The van der Waals surface area contributed by atoms with Crippen LogP contribution in [0.3, 0.4) is 0 Å². The third-order valence-corrected chi connectivity index (χ3v) is 2.38. The van der Waals surface area contributed by atoms with E-state index < -0.39 is 0 Å². The Balaban J connectivity index is 2.22. The Hall–Kier alpha value is -1.06. The van der Waals surface area contributed by atoms with E-state index in [1.54, 1.807) is 12.1 Å². The Morgan fingerprint density at radius 2 is 1.93 bits per heavy atom. The number of phenolic OH excluding ortho intramolecular Hbond substituents is 1. The fourth-order valence-electron chi connectivity index (χ4n) is 1.40. The summed E-state index contributed by atoms with van der Waals surface area (Å²) < 4.78 is 0. The number of benzene rings is 1. The molecule has 0 aliphatic heterocycles. The van der Waals surface area contributed by atoms with Gasteiger partial charge in [0.15, 0.2) is 0 Å². The zero-order valence-corrected chi connectivity index (χ0v) is 9.11. The highest BCUT2D eigenvalue weighted by Crippen LogP contribution is 2.09. The summed E-state index contributed by atoms with van der Waals surface area (Å²) in [6.45, 7) is 4.07. The maximum absolute atomic E-state index is 9.09. The fraction of sp³-hybridized carbons (Fsp3) is 0.500. The molecule has 0 saturated carbocycles. The van der Waals surface area contributed by atoms with Crippen molar-refractivity contribution >= 4 is 0 Å². The molecule has 0 aliphatic rings. The van der Waals surface area contributed by atoms with Crippen LogP contribution in [0.5, 0.6) is 5.75 Å². The highest BCUT2D eigenvalue weighted by molar-refractivity contribution is 5.25. The molecule has 1 rings (SSSR count). The molecule has 0 amide bonds. The predicted octanol–water partition coefficient (Wildman–Crippen LogP) is 1.50. The zero-order valence-electron chi connectivity index (χ0n) is 9.11. The standard InChI is InChI=1S/C12H19NO2/c1-10(6-7-14)8-13-9-11-2-4-12(15)5-3-11/h2-5,10,13-15H,6-9H2,1H3. The minimum Gasteiger partial charge on any atom is -0.508 e. The molecular weight excluding hydrogens is 190 g/mol. The van der Waals surface area contributed by atoms with Crippen molar-refractivity contribution < 1.29 is 10.2 Å². The predicted molar refractivity (Wildman–Crippen MR) is 60.7 cm³/mol. The fourth-order valence-corrected chi connectivity index (χ4v) is 1.40. The molecule has 0 bridgehead atoms. The number of nitrogens with one attached hydrogen (secondary N) is 1. The van der Waals surface area contributed by atoms with Crippen LogP contribution in [0, 0.1) is 5.92 Å². The maximum Gasteiger partial charge on any atom is 0.115 e. The summed E-state index contributed by atoms with van der Waals surface area (Å²) in [6, 6.07) is 7.18. The number of aromatic hydroxyl groups is 1. The number of aliphatic hydroxyl groups is 1. The quantitative estimate of drug-likeness (QED) is 0.665. The topological polar surface area (TPSA) is 52.5 Å². The van der Waals surface area contributed by atoms with Gasteiger partial charge in [0.05, 0.1) is 0 Å². The molecule has 3 nitrogen and oxygen atoms in total. The molecule has 0 heterocycles. The van der Waals surface area contributed by atoms with Crippen molar-refractivity contribution in [2.75, 3.05) is 13.2 Å². The van der Waals surface area contributed by atoms with E-state index in [9.17, 15) is 0 Å². The van der Waals surface area contributed by atoms with Gasteiger partial charge in [-0.05, 0) is 36.6 Å². The molecule has 1 unspecified atom stereocenters. The van der Waals surface area contributed by atoms with Gasteiger partial charge < -0.3 is 15.5 Å². The Morgan fingerprint density at radius 3 is 2.53 bits per heavy atom. The highest BCUT2D eigenvalue weighted by atomic mass is 16.3. The van der Waals surface area contributed by atoms with Crippen LogP contribution in [0.4, 0.5) is 0 Å². The molecule has 0 radical (unpaired) electrons. The normalized spacial score (nSPS) is 12.7. The molecule has 0 aliphatic carbocycles. The van der Waals surface area contributed by atoms with Gasteiger partial charge in [0.25, 0.3) is 0 Å². The molecule has 1 atom stereocenters. The van der Waals surface area contributed by atoms with Crippen LogP contribution in [-0.4, -0.2) is 23.4 Å². The Bertz CT molecular complexity index is 271. The van der Waals surface area contributed by atoms with Crippen LogP contribution in [-0.2, 0) is 6.54 Å². The molecule has 0 aromatic heterocycles. The van der Waals surface area contributed by atoms with Gasteiger partial charge in [0.1, 0.15) is 5.75 Å². The summed E-state index contributed by atoms with van der Waals surface area (Å²) in [5.41, 5.74) is 1.16. The van der Waals surface area contributed by atoms with Crippen molar-refractivity contribution in [3.8, 4) is 5.75 Å². The average molecular weight is 209 g/mol. The van der Waals surface area contributed by atoms with E-state index in [-0.39, 0.29) is 6.61 Å². The number of rotatable bonds is 6. The smallest absolute Gasteiger partial charge is 0.115 e. The van der Waals surface area contributed by atoms with Crippen LogP contribution in [0.2, 0.25) is 0 Å². The molecule has 3 heteroatoms. The summed E-state index contributed by atoms with van der Waals surface area (Å²) in [6.07, 6.45) is 0.836. The van der Waals surface area contributed by atoms with E-state index in [1.807, 2.05) is 12.1 Å². The third-order valence-electron chi connectivity index (χ3n) is 2.38. The number of hydrogen-bond acceptors (Lipinski definition) is 3. The molecular formula is C12H19NO2. The Kier molecular flexibility index (Phi) is 5.15. The van der Waals surface area contributed by atoms with E-state index in [2.05, 4.69) is 12.2 Å². The van der Waals surface area contributed by atoms with Crippen molar-refractivity contribution in [2.24, 2.45) is 5.92 Å². The molecule has 84 valence electrons. The van der Waals surface area contributed by atoms with E-state index >= 15 is 0 Å². The van der Waals surface area contributed by atoms with Crippen molar-refractivity contribution in [1.82, 2.24) is 5.32 Å². The first-order valence-corrected chi connectivity index (χ1v) is 5.32. The van der Waals surface area contributed by atoms with Crippen molar-refractivity contribution in [2.45, 2.75) is 19.9 Å². The summed E-state index contributed by atoms with van der Waals surface area (Å²) >= 11 is 0. The Labute approximate surface area is 90.8 Å². The second-order valence-corrected chi connectivity index (χ2v) is 3.91. The van der Waals surface area contributed by atoms with Gasteiger partial charge in [-0.15, -0.1) is 0 Å². The van der Waals surface area contributed by atoms with Gasteiger partial charge in [0.2, 0.25) is 0 Å². The van der Waals surface area contributed by atoms with E-state index in [4.69, 9.17) is 10.2 Å². The lowest BCUT2D eigenvalue weighted by Gasteiger charge is -2.10. The third kappa shape index (κ3) is 4.81. The summed E-state index contributed by atoms with van der Waals surface area (Å²) in [4.78, 5) is 0. The van der Waals surface area contributed by atoms with Crippen LogP contribution >= 0.6 is 0 Å². The number of aliphatic hydroxyl groups excluding tert-OH is 1. The second kappa shape index (κ2) is 6.43. The van der Waals surface area contributed by atoms with Gasteiger partial charge in [0, 0.05) is 13.2 Å². The first-order valence-electron chi connectivity index (χ1n) is 5.32. The average Bonchev–Trinajstić information content (AvgIpc) is 2.21. The van der Waals surface area contributed by atoms with E-state index in [1.165, 1.54) is 0 Å². The largest absolute Gasteiger partial charge is 0.508 e. The maximum atomic E-state index is 9.09. The first-order chi connectivity index (χ1) is 7.22. The monoisotopic (exact) mass is 209 g/mol. The van der Waals surface area contributed by atoms with Gasteiger partial charge in [-0.3, -0.25) is 0 Å². The SMILES string of the molecule is CC(CCO)CNCc1ccc(O)cc1. The molecule has 1 aromatic carbocycles. The van der Waals surface area contributed by atoms with Crippen LogP contribution < -0.4 is 5.32 Å². The molecule has 0 spiro atoms. The van der Waals surface area contributed by atoms with Crippen LogP contribution in [0.25, 0.3) is 0 Å². The van der Waals surface area contributed by atoms with E-state index in [0.717, 1.165) is 25.1 Å². The minimum absolute atomic E-state index is 0.252. The van der Waals surface area contributed by atoms with Gasteiger partial charge in [-0.25, -0.2) is 0 Å². The molecule has 0 saturated heterocycles. The molecule has 1 aromatic rings. The van der Waals surface area contributed by atoms with Gasteiger partial charge in [-0.1, -0.05) is 19.1 Å². The highest BCUT2D eigenvalue weighted by Gasteiger charge is 2.00. The first kappa shape index (κ1) is 12.0. The van der Waals surface area contributed by atoms with Crippen LogP contribution in [0.1, 0.15) is 18.9 Å². The van der Waals surface area contributed by atoms with E-state index in [0.29, 0.717) is 11.7 Å². The molecule has 3 N–H and O–H groups in total. The zero-order chi connectivity index (χ0) is 11.1. The lowest BCUT2D eigenvalue weighted by Crippen LogP contribution is -2.21. The summed E-state index contributed by atoms with van der Waals surface area (Å²) in [7, 11) is 0. The lowest BCUT2D eigenvalue weighted by molar-refractivity contribution is 0.260. The van der Waals surface area contributed by atoms with Crippen molar-refractivity contribution in [3.63, 3.8) is 0 Å². The van der Waals surface area contributed by atoms with Crippen LogP contribution in [0.15, 0.2) is 24.3 Å². The minimum atomic E-state index is 0.252. The van der Waals surface area contributed by atoms with Gasteiger partial charge >= 0.3 is 0 Å². The van der Waals surface area contributed by atoms with Crippen molar-refractivity contribution in [1.29, 1.82) is 0 Å². The summed E-state index contributed by atoms with van der Waals surface area (Å²) in [5, 5.41) is 21.1. The molecule has 15 heavy (non-hydrogen) atoms. The van der Waals surface area contributed by atoms with Crippen molar-refractivity contribution in [3.05, 3.63) is 29.8 Å². The summed E-state index contributed by atoms with van der Waals surface area (Å²) in [5.74, 6) is 0.791. The number of hydrogen-bond donors (Lipinski definition) is 3. The Morgan fingerprint density at radius 1 is 1.27 bits per heavy atom. The second-order valence-electron chi connectivity index (χ2n) is 3.91.